The lowest BCUT2D eigenvalue weighted by Gasteiger charge is -2.13. The Balaban J connectivity index is 2.50. The zero-order chi connectivity index (χ0) is 13.4. The number of aliphatic hydroxyl groups is 1. The van der Waals surface area contributed by atoms with E-state index in [1.165, 1.54) is 0 Å². The number of aliphatic hydroxyl groups excluding tert-OH is 1. The smallest absolute Gasteiger partial charge is 0.328 e. The number of carboxylic acids is 1. The Labute approximate surface area is 100 Å². The van der Waals surface area contributed by atoms with E-state index < -0.39 is 24.6 Å². The molecule has 2 amide bonds. The first kappa shape index (κ1) is 13.8. The van der Waals surface area contributed by atoms with Gasteiger partial charge in [0.15, 0.2) is 6.04 Å². The topological polar surface area (TPSA) is 98.7 Å². The molecule has 4 N–H and O–H groups in total. The molecule has 1 saturated carbocycles. The minimum absolute atomic E-state index is 0.00291. The molecule has 1 atom stereocenters. The van der Waals surface area contributed by atoms with Crippen LogP contribution in [0.3, 0.4) is 0 Å². The molecule has 0 aromatic heterocycles. The molecular weight excluding hydrogens is 224 g/mol. The van der Waals surface area contributed by atoms with Gasteiger partial charge in [0.1, 0.15) is 0 Å². The second-order valence-corrected chi connectivity index (χ2v) is 5.57. The number of hydrogen-bond acceptors (Lipinski definition) is 3. The Kier molecular flexibility index (Phi) is 3.38. The Morgan fingerprint density at radius 3 is 2.00 bits per heavy atom. The van der Waals surface area contributed by atoms with Crippen LogP contribution in [0.4, 0.5) is 4.79 Å². The lowest BCUT2D eigenvalue weighted by molar-refractivity contribution is -0.140. The number of carboxylic acid groups (broad SMARTS) is 1. The number of nitrogens with one attached hydrogen (secondary N) is 2. The monoisotopic (exact) mass is 244 g/mol. The number of urea groups is 1. The van der Waals surface area contributed by atoms with Gasteiger partial charge in [0.05, 0.1) is 6.61 Å². The third-order valence-electron chi connectivity index (χ3n) is 4.08. The molecule has 1 rings (SSSR count). The molecule has 0 radical (unpaired) electrons. The molecule has 0 bridgehead atoms. The predicted molar refractivity (Wildman–Crippen MR) is 61.5 cm³/mol. The van der Waals surface area contributed by atoms with E-state index in [0.29, 0.717) is 0 Å². The van der Waals surface area contributed by atoms with Gasteiger partial charge in [0.2, 0.25) is 0 Å². The van der Waals surface area contributed by atoms with Crippen LogP contribution in [0.5, 0.6) is 0 Å². The van der Waals surface area contributed by atoms with Crippen molar-refractivity contribution >= 4 is 12.0 Å². The van der Waals surface area contributed by atoms with Crippen molar-refractivity contribution in [2.24, 2.45) is 10.8 Å². The summed E-state index contributed by atoms with van der Waals surface area (Å²) in [4.78, 5) is 22.2. The van der Waals surface area contributed by atoms with Crippen molar-refractivity contribution in [2.45, 2.75) is 39.8 Å². The lowest BCUT2D eigenvalue weighted by atomic mass is 10.0. The molecule has 0 aromatic rings. The van der Waals surface area contributed by atoms with Gasteiger partial charge in [-0.1, -0.05) is 27.7 Å². The molecule has 17 heavy (non-hydrogen) atoms. The molecule has 1 fully saturated rings. The van der Waals surface area contributed by atoms with Crippen LogP contribution >= 0.6 is 0 Å². The van der Waals surface area contributed by atoms with E-state index in [2.05, 4.69) is 10.6 Å². The van der Waals surface area contributed by atoms with Gasteiger partial charge in [-0.3, -0.25) is 0 Å². The van der Waals surface area contributed by atoms with Crippen molar-refractivity contribution in [3.05, 3.63) is 0 Å². The van der Waals surface area contributed by atoms with Gasteiger partial charge >= 0.3 is 12.0 Å². The van der Waals surface area contributed by atoms with E-state index in [4.69, 9.17) is 10.2 Å². The quantitative estimate of drug-likeness (QED) is 0.566. The third-order valence-corrected chi connectivity index (χ3v) is 4.08. The maximum atomic E-state index is 11.5. The SMILES string of the molecule is CC1(C)C(NC(=O)N[C@H](CO)C(=O)O)C1(C)C. The van der Waals surface area contributed by atoms with Gasteiger partial charge in [-0.25, -0.2) is 9.59 Å². The fourth-order valence-electron chi connectivity index (χ4n) is 2.07. The summed E-state index contributed by atoms with van der Waals surface area (Å²) in [5.41, 5.74) is -0.0233. The molecule has 0 aromatic carbocycles. The van der Waals surface area contributed by atoms with Crippen LogP contribution in [0.2, 0.25) is 0 Å². The minimum Gasteiger partial charge on any atom is -0.480 e. The normalized spacial score (nSPS) is 22.6. The minimum atomic E-state index is -1.26. The number of hydrogen-bond donors (Lipinski definition) is 4. The van der Waals surface area contributed by atoms with Gasteiger partial charge in [-0.15, -0.1) is 0 Å². The first-order valence-electron chi connectivity index (χ1n) is 5.55. The number of carbonyl (C=O) groups excluding carboxylic acids is 1. The molecule has 0 spiro atoms. The Bertz CT molecular complexity index is 324. The summed E-state index contributed by atoms with van der Waals surface area (Å²) in [5.74, 6) is -1.25. The average Bonchev–Trinajstić information content (AvgIpc) is 2.57. The summed E-state index contributed by atoms with van der Waals surface area (Å²) in [6.45, 7) is 7.54. The average molecular weight is 244 g/mol. The van der Waals surface area contributed by atoms with Gasteiger partial charge in [0.25, 0.3) is 0 Å². The van der Waals surface area contributed by atoms with E-state index in [0.717, 1.165) is 0 Å². The Hall–Kier alpha value is -1.30. The second kappa shape index (κ2) is 4.18. The number of aliphatic carboxylic acids is 1. The van der Waals surface area contributed by atoms with Crippen molar-refractivity contribution in [2.75, 3.05) is 6.61 Å². The van der Waals surface area contributed by atoms with E-state index >= 15 is 0 Å². The van der Waals surface area contributed by atoms with Crippen LogP contribution in [0.1, 0.15) is 27.7 Å². The highest BCUT2D eigenvalue weighted by Crippen LogP contribution is 2.62. The van der Waals surface area contributed by atoms with Crippen molar-refractivity contribution in [1.82, 2.24) is 10.6 Å². The lowest BCUT2D eigenvalue weighted by Crippen LogP contribution is -2.49. The molecule has 6 nitrogen and oxygen atoms in total. The van der Waals surface area contributed by atoms with Crippen molar-refractivity contribution in [1.29, 1.82) is 0 Å². The van der Waals surface area contributed by atoms with Crippen LogP contribution in [0, 0.1) is 10.8 Å². The maximum absolute atomic E-state index is 11.5. The van der Waals surface area contributed by atoms with Crippen molar-refractivity contribution < 1.29 is 19.8 Å². The van der Waals surface area contributed by atoms with Crippen LogP contribution in [-0.4, -0.2) is 40.9 Å². The van der Waals surface area contributed by atoms with Crippen LogP contribution < -0.4 is 10.6 Å². The molecule has 0 unspecified atom stereocenters. The van der Waals surface area contributed by atoms with Crippen molar-refractivity contribution in [3.8, 4) is 0 Å². The Morgan fingerprint density at radius 2 is 1.71 bits per heavy atom. The highest BCUT2D eigenvalue weighted by atomic mass is 16.4. The van der Waals surface area contributed by atoms with Crippen LogP contribution in [-0.2, 0) is 4.79 Å². The van der Waals surface area contributed by atoms with E-state index in [-0.39, 0.29) is 16.9 Å². The van der Waals surface area contributed by atoms with Crippen LogP contribution in [0.15, 0.2) is 0 Å². The number of amides is 2. The van der Waals surface area contributed by atoms with E-state index in [1.54, 1.807) is 0 Å². The summed E-state index contributed by atoms with van der Waals surface area (Å²) in [6.07, 6.45) is 0. The summed E-state index contributed by atoms with van der Waals surface area (Å²) < 4.78 is 0. The van der Waals surface area contributed by atoms with Gasteiger partial charge in [0, 0.05) is 6.04 Å². The van der Waals surface area contributed by atoms with Crippen LogP contribution in [0.25, 0.3) is 0 Å². The third kappa shape index (κ3) is 2.36. The largest absolute Gasteiger partial charge is 0.480 e. The van der Waals surface area contributed by atoms with Gasteiger partial charge < -0.3 is 20.8 Å². The summed E-state index contributed by atoms with van der Waals surface area (Å²) in [7, 11) is 0. The fourth-order valence-corrected chi connectivity index (χ4v) is 2.07. The fraction of sp³-hybridized carbons (Fsp3) is 0.818. The second-order valence-electron chi connectivity index (χ2n) is 5.57. The standard InChI is InChI=1S/C11H20N2O4/c1-10(2)8(11(10,3)4)13-9(17)12-6(5-14)7(15)16/h6,8,14H,5H2,1-4H3,(H,15,16)(H2,12,13,17)/t6-/m1/s1. The zero-order valence-corrected chi connectivity index (χ0v) is 10.6. The molecule has 0 saturated heterocycles. The highest BCUT2D eigenvalue weighted by molar-refractivity contribution is 5.83. The molecule has 98 valence electrons. The molecule has 1 aliphatic carbocycles. The van der Waals surface area contributed by atoms with E-state index in [9.17, 15) is 9.59 Å². The van der Waals surface area contributed by atoms with Crippen molar-refractivity contribution in [3.63, 3.8) is 0 Å². The summed E-state index contributed by atoms with van der Waals surface area (Å²) >= 11 is 0. The maximum Gasteiger partial charge on any atom is 0.328 e. The van der Waals surface area contributed by atoms with Gasteiger partial charge in [-0.05, 0) is 10.8 Å². The Morgan fingerprint density at radius 1 is 1.24 bits per heavy atom. The predicted octanol–water partition coefficient (Wildman–Crippen LogP) is 0.166. The molecule has 1 aliphatic rings. The van der Waals surface area contributed by atoms with Gasteiger partial charge in [-0.2, -0.15) is 0 Å². The first-order valence-corrected chi connectivity index (χ1v) is 5.55. The molecule has 0 heterocycles. The molecule has 6 heteroatoms. The number of carbonyl (C=O) groups is 2. The first-order chi connectivity index (χ1) is 7.64. The molecular formula is C11H20N2O4. The number of rotatable bonds is 4. The highest BCUT2D eigenvalue weighted by Gasteiger charge is 2.65. The van der Waals surface area contributed by atoms with E-state index in [1.807, 2.05) is 27.7 Å². The summed E-state index contributed by atoms with van der Waals surface area (Å²) in [6, 6.07) is -1.82. The molecule has 0 aliphatic heterocycles. The summed E-state index contributed by atoms with van der Waals surface area (Å²) in [5, 5.41) is 22.4. The zero-order valence-electron chi connectivity index (χ0n) is 10.6.